The molecule has 3 nitrogen and oxygen atoms in total. The third-order valence-electron chi connectivity index (χ3n) is 3.77. The first-order valence-electron chi connectivity index (χ1n) is 6.84. The van der Waals surface area contributed by atoms with E-state index in [0.717, 1.165) is 6.42 Å². The zero-order valence-corrected chi connectivity index (χ0v) is 11.7. The Kier molecular flexibility index (Phi) is 4.03. The van der Waals surface area contributed by atoms with E-state index in [-0.39, 0.29) is 17.1 Å². The molecule has 0 saturated carbocycles. The van der Waals surface area contributed by atoms with Crippen molar-refractivity contribution in [2.45, 2.75) is 33.1 Å². The summed E-state index contributed by atoms with van der Waals surface area (Å²) in [7, 11) is 0. The summed E-state index contributed by atoms with van der Waals surface area (Å²) in [6, 6.07) is 10.0. The fourth-order valence-electron chi connectivity index (χ4n) is 2.49. The molecule has 0 aromatic heterocycles. The summed E-state index contributed by atoms with van der Waals surface area (Å²) >= 11 is 0. The van der Waals surface area contributed by atoms with Gasteiger partial charge in [-0.2, -0.15) is 0 Å². The van der Waals surface area contributed by atoms with Gasteiger partial charge in [-0.25, -0.2) is 0 Å². The molecular formula is C16H21NO2. The first-order chi connectivity index (χ1) is 8.99. The molecule has 0 radical (unpaired) electrons. The van der Waals surface area contributed by atoms with E-state index in [9.17, 15) is 9.59 Å². The van der Waals surface area contributed by atoms with Gasteiger partial charge in [0.2, 0.25) is 5.91 Å². The molecule has 1 aromatic rings. The Morgan fingerprint density at radius 2 is 1.95 bits per heavy atom. The standard InChI is InChI=1S/C16H21NO2/c1-16(2)12-17(11-10-14(16)18)15(19)9-8-13-6-4-3-5-7-13/h3-7H,8-12H2,1-2H3. The van der Waals surface area contributed by atoms with Crippen molar-refractivity contribution in [1.29, 1.82) is 0 Å². The van der Waals surface area contributed by atoms with E-state index in [1.807, 2.05) is 49.1 Å². The molecule has 0 spiro atoms. The van der Waals surface area contributed by atoms with Crippen LogP contribution in [0, 0.1) is 5.41 Å². The maximum absolute atomic E-state index is 12.2. The molecule has 1 heterocycles. The lowest BCUT2D eigenvalue weighted by atomic mass is 9.82. The van der Waals surface area contributed by atoms with Gasteiger partial charge in [-0.1, -0.05) is 44.2 Å². The van der Waals surface area contributed by atoms with Gasteiger partial charge in [0.15, 0.2) is 0 Å². The normalized spacial score (nSPS) is 18.4. The quantitative estimate of drug-likeness (QED) is 0.836. The number of likely N-dealkylation sites (tertiary alicyclic amines) is 1. The SMILES string of the molecule is CC1(C)CN(C(=O)CCc2ccccc2)CCC1=O. The van der Waals surface area contributed by atoms with Gasteiger partial charge in [0.05, 0.1) is 0 Å². The topological polar surface area (TPSA) is 37.4 Å². The molecule has 0 N–H and O–H groups in total. The van der Waals surface area contributed by atoms with Crippen molar-refractivity contribution in [3.8, 4) is 0 Å². The highest BCUT2D eigenvalue weighted by molar-refractivity contribution is 5.87. The monoisotopic (exact) mass is 259 g/mol. The molecule has 19 heavy (non-hydrogen) atoms. The van der Waals surface area contributed by atoms with Crippen LogP contribution in [0.25, 0.3) is 0 Å². The van der Waals surface area contributed by atoms with Crippen LogP contribution in [0.3, 0.4) is 0 Å². The summed E-state index contributed by atoms with van der Waals surface area (Å²) in [5, 5.41) is 0. The molecule has 1 amide bonds. The predicted octanol–water partition coefficient (Wildman–Crippen LogP) is 2.45. The fraction of sp³-hybridized carbons (Fsp3) is 0.500. The number of benzene rings is 1. The zero-order valence-electron chi connectivity index (χ0n) is 11.7. The Morgan fingerprint density at radius 3 is 2.58 bits per heavy atom. The van der Waals surface area contributed by atoms with Crippen molar-refractivity contribution in [2.75, 3.05) is 13.1 Å². The minimum Gasteiger partial charge on any atom is -0.341 e. The van der Waals surface area contributed by atoms with Crippen LogP contribution in [0.5, 0.6) is 0 Å². The number of hydrogen-bond donors (Lipinski definition) is 0. The van der Waals surface area contributed by atoms with E-state index >= 15 is 0 Å². The molecule has 102 valence electrons. The average molecular weight is 259 g/mol. The summed E-state index contributed by atoms with van der Waals surface area (Å²) in [5.41, 5.74) is 0.795. The van der Waals surface area contributed by atoms with Crippen LogP contribution in [0.2, 0.25) is 0 Å². The van der Waals surface area contributed by atoms with Crippen molar-refractivity contribution in [3.05, 3.63) is 35.9 Å². The number of hydrogen-bond acceptors (Lipinski definition) is 2. The van der Waals surface area contributed by atoms with Gasteiger partial charge in [0.1, 0.15) is 5.78 Å². The van der Waals surface area contributed by atoms with Crippen LogP contribution in [-0.2, 0) is 16.0 Å². The van der Waals surface area contributed by atoms with Gasteiger partial charge in [0.25, 0.3) is 0 Å². The molecule has 1 saturated heterocycles. The molecule has 2 rings (SSSR count). The summed E-state index contributed by atoms with van der Waals surface area (Å²) in [4.78, 5) is 25.7. The van der Waals surface area contributed by atoms with Crippen LogP contribution in [0.1, 0.15) is 32.3 Å². The average Bonchev–Trinajstić information content (AvgIpc) is 2.40. The zero-order chi connectivity index (χ0) is 13.9. The van der Waals surface area contributed by atoms with Gasteiger partial charge in [-0.3, -0.25) is 9.59 Å². The molecule has 1 aliphatic heterocycles. The number of aryl methyl sites for hydroxylation is 1. The first-order valence-corrected chi connectivity index (χ1v) is 6.84. The molecular weight excluding hydrogens is 238 g/mol. The van der Waals surface area contributed by atoms with Crippen LogP contribution < -0.4 is 0 Å². The van der Waals surface area contributed by atoms with E-state index in [4.69, 9.17) is 0 Å². The summed E-state index contributed by atoms with van der Waals surface area (Å²) < 4.78 is 0. The third kappa shape index (κ3) is 3.43. The van der Waals surface area contributed by atoms with E-state index in [1.54, 1.807) is 0 Å². The van der Waals surface area contributed by atoms with E-state index in [0.29, 0.717) is 25.9 Å². The van der Waals surface area contributed by atoms with E-state index in [1.165, 1.54) is 5.56 Å². The van der Waals surface area contributed by atoms with Gasteiger partial charge in [-0.15, -0.1) is 0 Å². The lowest BCUT2D eigenvalue weighted by Gasteiger charge is -2.36. The predicted molar refractivity (Wildman–Crippen MR) is 74.7 cm³/mol. The maximum atomic E-state index is 12.2. The minimum absolute atomic E-state index is 0.157. The fourth-order valence-corrected chi connectivity index (χ4v) is 2.49. The summed E-state index contributed by atoms with van der Waals surface area (Å²) in [5.74, 6) is 0.420. The van der Waals surface area contributed by atoms with Crippen molar-refractivity contribution < 1.29 is 9.59 Å². The van der Waals surface area contributed by atoms with Gasteiger partial charge in [-0.05, 0) is 12.0 Å². The smallest absolute Gasteiger partial charge is 0.222 e. The van der Waals surface area contributed by atoms with E-state index < -0.39 is 0 Å². The number of amides is 1. The van der Waals surface area contributed by atoms with Crippen molar-refractivity contribution in [3.63, 3.8) is 0 Å². The van der Waals surface area contributed by atoms with Gasteiger partial charge >= 0.3 is 0 Å². The van der Waals surface area contributed by atoms with Gasteiger partial charge in [0, 0.05) is 31.3 Å². The maximum Gasteiger partial charge on any atom is 0.222 e. The number of rotatable bonds is 3. The second-order valence-electron chi connectivity index (χ2n) is 5.86. The Labute approximate surface area is 114 Å². The highest BCUT2D eigenvalue weighted by Crippen LogP contribution is 2.25. The number of ketones is 1. The molecule has 1 aliphatic rings. The lowest BCUT2D eigenvalue weighted by Crippen LogP contribution is -2.48. The number of piperidine rings is 1. The number of carbonyl (C=O) groups is 2. The van der Waals surface area contributed by atoms with Crippen LogP contribution in [-0.4, -0.2) is 29.7 Å². The molecule has 0 atom stereocenters. The van der Waals surface area contributed by atoms with Crippen molar-refractivity contribution >= 4 is 11.7 Å². The Hall–Kier alpha value is -1.64. The van der Waals surface area contributed by atoms with Crippen molar-refractivity contribution in [2.24, 2.45) is 5.41 Å². The van der Waals surface area contributed by atoms with Crippen molar-refractivity contribution in [1.82, 2.24) is 4.90 Å². The summed E-state index contributed by atoms with van der Waals surface area (Å²) in [6.45, 7) is 4.98. The van der Waals surface area contributed by atoms with Gasteiger partial charge < -0.3 is 4.90 Å². The molecule has 0 unspecified atom stereocenters. The molecule has 1 fully saturated rings. The molecule has 0 aliphatic carbocycles. The number of nitrogens with zero attached hydrogens (tertiary/aromatic N) is 1. The lowest BCUT2D eigenvalue weighted by molar-refractivity contribution is -0.140. The second-order valence-corrected chi connectivity index (χ2v) is 5.86. The third-order valence-corrected chi connectivity index (χ3v) is 3.77. The largest absolute Gasteiger partial charge is 0.341 e. The molecule has 0 bridgehead atoms. The summed E-state index contributed by atoms with van der Waals surface area (Å²) in [6.07, 6.45) is 1.78. The molecule has 1 aromatic carbocycles. The number of carbonyl (C=O) groups excluding carboxylic acids is 2. The highest BCUT2D eigenvalue weighted by atomic mass is 16.2. The minimum atomic E-state index is -0.388. The first kappa shape index (κ1) is 13.8. The van der Waals surface area contributed by atoms with Crippen LogP contribution in [0.15, 0.2) is 30.3 Å². The Bertz CT molecular complexity index is 465. The van der Waals surface area contributed by atoms with Crippen LogP contribution >= 0.6 is 0 Å². The second kappa shape index (κ2) is 5.55. The Balaban J connectivity index is 1.89. The van der Waals surface area contributed by atoms with E-state index in [2.05, 4.69) is 0 Å². The van der Waals surface area contributed by atoms with Crippen LogP contribution in [0.4, 0.5) is 0 Å². The number of Topliss-reactive ketones (excluding diaryl/α,β-unsaturated/α-hetero) is 1. The molecule has 3 heteroatoms. The highest BCUT2D eigenvalue weighted by Gasteiger charge is 2.35. The Morgan fingerprint density at radius 1 is 1.26 bits per heavy atom.